The van der Waals surface area contributed by atoms with Crippen molar-refractivity contribution in [1.29, 1.82) is 0 Å². The van der Waals surface area contributed by atoms with Crippen LogP contribution in [-0.4, -0.2) is 37.9 Å². The number of aromatic nitrogens is 2. The van der Waals surface area contributed by atoms with E-state index in [1.807, 2.05) is 28.5 Å². The summed E-state index contributed by atoms with van der Waals surface area (Å²) in [4.78, 5) is 18.0. The third-order valence-electron chi connectivity index (χ3n) is 4.12. The number of piperidine rings is 1. The number of imidazole rings is 1. The van der Waals surface area contributed by atoms with E-state index < -0.39 is 12.0 Å². The smallest absolute Gasteiger partial charge is 0.321 e. The first-order valence-electron chi connectivity index (χ1n) is 7.14. The Hall–Kier alpha value is -1.59. The van der Waals surface area contributed by atoms with Crippen molar-refractivity contribution in [2.45, 2.75) is 32.4 Å². The molecular formula is C15H18ClN3O2. The van der Waals surface area contributed by atoms with Gasteiger partial charge in [0.1, 0.15) is 11.7 Å². The Balaban J connectivity index is 1.84. The molecule has 5 nitrogen and oxygen atoms in total. The maximum Gasteiger partial charge on any atom is 0.321 e. The Bertz CT molecular complexity index is 670. The zero-order valence-corrected chi connectivity index (χ0v) is 12.6. The van der Waals surface area contributed by atoms with Crippen LogP contribution in [0.3, 0.4) is 0 Å². The Kier molecular flexibility index (Phi) is 3.87. The van der Waals surface area contributed by atoms with Crippen molar-refractivity contribution in [3.05, 3.63) is 35.2 Å². The van der Waals surface area contributed by atoms with E-state index in [1.54, 1.807) is 12.3 Å². The number of rotatable bonds is 3. The second-order valence-corrected chi connectivity index (χ2v) is 6.15. The molecule has 2 atom stereocenters. The third kappa shape index (κ3) is 2.89. The van der Waals surface area contributed by atoms with E-state index in [-0.39, 0.29) is 5.92 Å². The first kappa shape index (κ1) is 14.4. The van der Waals surface area contributed by atoms with Crippen LogP contribution in [0, 0.1) is 5.92 Å². The molecule has 21 heavy (non-hydrogen) atoms. The van der Waals surface area contributed by atoms with Crippen molar-refractivity contribution in [3.63, 3.8) is 0 Å². The van der Waals surface area contributed by atoms with Gasteiger partial charge in [-0.15, -0.1) is 0 Å². The van der Waals surface area contributed by atoms with E-state index in [1.165, 1.54) is 0 Å². The summed E-state index contributed by atoms with van der Waals surface area (Å²) in [6, 6.07) is 3.24. The van der Waals surface area contributed by atoms with E-state index in [9.17, 15) is 9.90 Å². The number of carboxylic acids is 1. The van der Waals surface area contributed by atoms with Crippen LogP contribution in [0.5, 0.6) is 0 Å². The minimum absolute atomic E-state index is 0.169. The molecule has 3 rings (SSSR count). The Morgan fingerprint density at radius 3 is 3.05 bits per heavy atom. The maximum atomic E-state index is 11.5. The first-order valence-corrected chi connectivity index (χ1v) is 7.52. The number of hydrogen-bond donors (Lipinski definition) is 1. The van der Waals surface area contributed by atoms with Crippen molar-refractivity contribution in [3.8, 4) is 0 Å². The molecule has 2 aromatic heterocycles. The number of pyridine rings is 1. The van der Waals surface area contributed by atoms with Crippen molar-refractivity contribution in [2.75, 3.05) is 6.54 Å². The van der Waals surface area contributed by atoms with Crippen molar-refractivity contribution in [2.24, 2.45) is 5.92 Å². The lowest BCUT2D eigenvalue weighted by atomic mass is 9.91. The molecule has 0 bridgehead atoms. The molecule has 1 fully saturated rings. The van der Waals surface area contributed by atoms with E-state index in [2.05, 4.69) is 4.98 Å². The lowest BCUT2D eigenvalue weighted by molar-refractivity contribution is -0.147. The molecule has 2 aromatic rings. The lowest BCUT2D eigenvalue weighted by Gasteiger charge is -2.36. The molecule has 0 aromatic carbocycles. The molecule has 0 spiro atoms. The predicted octanol–water partition coefficient (Wildman–Crippen LogP) is 2.67. The number of carbonyl (C=O) groups is 1. The van der Waals surface area contributed by atoms with Gasteiger partial charge in [0.05, 0.1) is 10.7 Å². The molecule has 1 aliphatic rings. The van der Waals surface area contributed by atoms with Gasteiger partial charge in [0.15, 0.2) is 0 Å². The van der Waals surface area contributed by atoms with Crippen LogP contribution in [-0.2, 0) is 11.3 Å². The number of hydrogen-bond acceptors (Lipinski definition) is 3. The monoisotopic (exact) mass is 307 g/mol. The SMILES string of the molecule is CC1CCCN(Cc2cn3cc(Cl)ccc3n2)C1C(=O)O. The van der Waals surface area contributed by atoms with E-state index in [0.29, 0.717) is 11.6 Å². The highest BCUT2D eigenvalue weighted by molar-refractivity contribution is 6.30. The Morgan fingerprint density at radius 2 is 2.29 bits per heavy atom. The third-order valence-corrected chi connectivity index (χ3v) is 4.34. The molecule has 1 N–H and O–H groups in total. The molecule has 3 heterocycles. The molecule has 0 amide bonds. The van der Waals surface area contributed by atoms with Crippen molar-refractivity contribution < 1.29 is 9.90 Å². The van der Waals surface area contributed by atoms with Gasteiger partial charge in [-0.3, -0.25) is 9.69 Å². The molecule has 2 unspecified atom stereocenters. The topological polar surface area (TPSA) is 57.8 Å². The van der Waals surface area contributed by atoms with Gasteiger partial charge in [-0.1, -0.05) is 18.5 Å². The van der Waals surface area contributed by atoms with Gasteiger partial charge < -0.3 is 9.51 Å². The summed E-state index contributed by atoms with van der Waals surface area (Å²) in [5.74, 6) is -0.572. The molecule has 112 valence electrons. The minimum Gasteiger partial charge on any atom is -0.480 e. The standard InChI is InChI=1S/C15H18ClN3O2/c1-10-3-2-6-18(14(10)15(20)21)8-12-9-19-7-11(16)4-5-13(19)17-12/h4-5,7,9-10,14H,2-3,6,8H2,1H3,(H,20,21). The molecule has 0 saturated carbocycles. The molecule has 0 aliphatic carbocycles. The quantitative estimate of drug-likeness (QED) is 0.947. The minimum atomic E-state index is -0.742. The average molecular weight is 308 g/mol. The summed E-state index contributed by atoms with van der Waals surface area (Å²) in [5.41, 5.74) is 1.70. The van der Waals surface area contributed by atoms with Crippen LogP contribution in [0.1, 0.15) is 25.5 Å². The summed E-state index contributed by atoms with van der Waals surface area (Å²) in [7, 11) is 0. The second-order valence-electron chi connectivity index (χ2n) is 5.72. The fourth-order valence-electron chi connectivity index (χ4n) is 3.15. The lowest BCUT2D eigenvalue weighted by Crippen LogP contribution is -2.48. The predicted molar refractivity (Wildman–Crippen MR) is 80.4 cm³/mol. The fraction of sp³-hybridized carbons (Fsp3) is 0.467. The molecular weight excluding hydrogens is 290 g/mol. The highest BCUT2D eigenvalue weighted by Crippen LogP contribution is 2.25. The van der Waals surface area contributed by atoms with Crippen LogP contribution in [0.15, 0.2) is 24.5 Å². The zero-order valence-electron chi connectivity index (χ0n) is 11.9. The van der Waals surface area contributed by atoms with Gasteiger partial charge in [0.25, 0.3) is 0 Å². The van der Waals surface area contributed by atoms with E-state index in [0.717, 1.165) is 30.7 Å². The van der Waals surface area contributed by atoms with E-state index in [4.69, 9.17) is 11.6 Å². The van der Waals surface area contributed by atoms with Gasteiger partial charge in [-0.2, -0.15) is 0 Å². The number of likely N-dealkylation sites (tertiary alicyclic amines) is 1. The van der Waals surface area contributed by atoms with Crippen molar-refractivity contribution >= 4 is 23.2 Å². The first-order chi connectivity index (χ1) is 10.0. The second kappa shape index (κ2) is 5.66. The van der Waals surface area contributed by atoms with Crippen LogP contribution >= 0.6 is 11.6 Å². The summed E-state index contributed by atoms with van der Waals surface area (Å²) < 4.78 is 1.88. The number of carboxylic acid groups (broad SMARTS) is 1. The number of aliphatic carboxylic acids is 1. The van der Waals surface area contributed by atoms with Crippen LogP contribution < -0.4 is 0 Å². The van der Waals surface area contributed by atoms with Crippen LogP contribution in [0.25, 0.3) is 5.65 Å². The van der Waals surface area contributed by atoms with Gasteiger partial charge in [0.2, 0.25) is 0 Å². The highest BCUT2D eigenvalue weighted by Gasteiger charge is 2.34. The summed E-state index contributed by atoms with van der Waals surface area (Å²) in [5, 5.41) is 10.1. The van der Waals surface area contributed by atoms with Crippen molar-refractivity contribution in [1.82, 2.24) is 14.3 Å². The largest absolute Gasteiger partial charge is 0.480 e. The summed E-state index contributed by atoms with van der Waals surface area (Å²) in [6.07, 6.45) is 5.72. The number of fused-ring (bicyclic) bond motifs is 1. The maximum absolute atomic E-state index is 11.5. The molecule has 1 saturated heterocycles. The van der Waals surface area contributed by atoms with Gasteiger partial charge in [-0.25, -0.2) is 4.98 Å². The molecule has 6 heteroatoms. The zero-order chi connectivity index (χ0) is 15.0. The normalized spacial score (nSPS) is 23.5. The Morgan fingerprint density at radius 1 is 1.48 bits per heavy atom. The van der Waals surface area contributed by atoms with Gasteiger partial charge >= 0.3 is 5.97 Å². The molecule has 0 radical (unpaired) electrons. The fourth-order valence-corrected chi connectivity index (χ4v) is 3.32. The average Bonchev–Trinajstić information content (AvgIpc) is 2.79. The van der Waals surface area contributed by atoms with Crippen LogP contribution in [0.2, 0.25) is 5.02 Å². The summed E-state index contributed by atoms with van der Waals surface area (Å²) in [6.45, 7) is 3.37. The molecule has 1 aliphatic heterocycles. The van der Waals surface area contributed by atoms with Crippen LogP contribution in [0.4, 0.5) is 0 Å². The highest BCUT2D eigenvalue weighted by atomic mass is 35.5. The number of nitrogens with zero attached hydrogens (tertiary/aromatic N) is 3. The van der Waals surface area contributed by atoms with Gasteiger partial charge in [0, 0.05) is 18.9 Å². The van der Waals surface area contributed by atoms with E-state index >= 15 is 0 Å². The summed E-state index contributed by atoms with van der Waals surface area (Å²) >= 11 is 5.97. The van der Waals surface area contributed by atoms with Gasteiger partial charge in [-0.05, 0) is 37.4 Å². The Labute approximate surface area is 128 Å². The number of halogens is 1.